The fourth-order valence-corrected chi connectivity index (χ4v) is 1.82. The molecule has 0 spiro atoms. The van der Waals surface area contributed by atoms with Gasteiger partial charge >= 0.3 is 0 Å². The van der Waals surface area contributed by atoms with E-state index in [1.165, 1.54) is 6.20 Å². The van der Waals surface area contributed by atoms with Crippen molar-refractivity contribution in [3.8, 4) is 0 Å². The molecule has 1 amide bonds. The third kappa shape index (κ3) is 4.69. The van der Waals surface area contributed by atoms with Crippen molar-refractivity contribution in [1.29, 1.82) is 0 Å². The number of nitrogens with zero attached hydrogens (tertiary/aromatic N) is 2. The largest absolute Gasteiger partial charge is 0.385 e. The molecule has 0 unspecified atom stereocenters. The van der Waals surface area contributed by atoms with Crippen LogP contribution in [0.15, 0.2) is 12.3 Å². The van der Waals surface area contributed by atoms with Crippen LogP contribution in [0.3, 0.4) is 0 Å². The summed E-state index contributed by atoms with van der Waals surface area (Å²) in [6.07, 6.45) is 2.29. The summed E-state index contributed by atoms with van der Waals surface area (Å²) in [5, 5.41) is 3.43. The SMILES string of the molecule is CCNc1cc(C(=O)N(C)CCCOC)c(Cl)cn1. The van der Waals surface area contributed by atoms with E-state index in [2.05, 4.69) is 10.3 Å². The first-order valence-electron chi connectivity index (χ1n) is 6.24. The maximum absolute atomic E-state index is 12.3. The summed E-state index contributed by atoms with van der Waals surface area (Å²) >= 11 is 6.03. The van der Waals surface area contributed by atoms with Crippen LogP contribution in [0.2, 0.25) is 5.02 Å². The summed E-state index contributed by atoms with van der Waals surface area (Å²) in [4.78, 5) is 18.0. The topological polar surface area (TPSA) is 54.5 Å². The van der Waals surface area contributed by atoms with Crippen LogP contribution in [0, 0.1) is 0 Å². The molecule has 1 N–H and O–H groups in total. The van der Waals surface area contributed by atoms with Gasteiger partial charge in [-0.2, -0.15) is 0 Å². The molecular formula is C13H20ClN3O2. The predicted molar refractivity (Wildman–Crippen MR) is 76.9 cm³/mol. The van der Waals surface area contributed by atoms with Crippen LogP contribution in [-0.4, -0.2) is 49.6 Å². The van der Waals surface area contributed by atoms with Gasteiger partial charge in [-0.15, -0.1) is 0 Å². The van der Waals surface area contributed by atoms with Crippen molar-refractivity contribution < 1.29 is 9.53 Å². The highest BCUT2D eigenvalue weighted by Gasteiger charge is 2.16. The summed E-state index contributed by atoms with van der Waals surface area (Å²) in [5.41, 5.74) is 0.465. The van der Waals surface area contributed by atoms with Gasteiger partial charge in [-0.1, -0.05) is 11.6 Å². The summed E-state index contributed by atoms with van der Waals surface area (Å²) in [6, 6.07) is 1.68. The number of hydrogen-bond acceptors (Lipinski definition) is 4. The standard InChI is InChI=1S/C13H20ClN3O2/c1-4-15-12-8-10(11(14)9-16-12)13(18)17(2)6-5-7-19-3/h8-9H,4-7H2,1-3H3,(H,15,16). The number of carbonyl (C=O) groups excluding carboxylic acids is 1. The number of aromatic nitrogens is 1. The number of pyridine rings is 1. The van der Waals surface area contributed by atoms with E-state index < -0.39 is 0 Å². The Bertz CT molecular complexity index is 426. The monoisotopic (exact) mass is 285 g/mol. The number of amides is 1. The van der Waals surface area contributed by atoms with Crippen molar-refractivity contribution in [2.45, 2.75) is 13.3 Å². The number of methoxy groups -OCH3 is 1. The number of halogens is 1. The molecule has 1 rings (SSSR count). The van der Waals surface area contributed by atoms with Crippen LogP contribution in [0.5, 0.6) is 0 Å². The van der Waals surface area contributed by atoms with Crippen LogP contribution >= 0.6 is 11.6 Å². The lowest BCUT2D eigenvalue weighted by Crippen LogP contribution is -2.28. The van der Waals surface area contributed by atoms with E-state index in [9.17, 15) is 4.79 Å². The first-order chi connectivity index (χ1) is 9.10. The van der Waals surface area contributed by atoms with Crippen molar-refractivity contribution in [1.82, 2.24) is 9.88 Å². The molecule has 6 heteroatoms. The Morgan fingerprint density at radius 3 is 2.95 bits per heavy atom. The second kappa shape index (κ2) is 7.96. The number of ether oxygens (including phenoxy) is 1. The molecule has 0 radical (unpaired) electrons. The van der Waals surface area contributed by atoms with E-state index in [1.807, 2.05) is 6.92 Å². The average molecular weight is 286 g/mol. The van der Waals surface area contributed by atoms with Crippen molar-refractivity contribution in [3.05, 3.63) is 22.8 Å². The third-order valence-corrected chi connectivity index (χ3v) is 2.93. The second-order valence-electron chi connectivity index (χ2n) is 4.15. The molecule has 0 aromatic carbocycles. The summed E-state index contributed by atoms with van der Waals surface area (Å²) in [5.74, 6) is 0.545. The van der Waals surface area contributed by atoms with Gasteiger partial charge in [0.05, 0.1) is 10.6 Å². The van der Waals surface area contributed by atoms with Gasteiger partial charge in [0.1, 0.15) is 5.82 Å². The quantitative estimate of drug-likeness (QED) is 0.781. The van der Waals surface area contributed by atoms with Crippen molar-refractivity contribution >= 4 is 23.3 Å². The molecule has 0 saturated carbocycles. The summed E-state index contributed by atoms with van der Waals surface area (Å²) in [6.45, 7) is 3.97. The fraction of sp³-hybridized carbons (Fsp3) is 0.538. The number of hydrogen-bond donors (Lipinski definition) is 1. The molecule has 106 valence electrons. The minimum Gasteiger partial charge on any atom is -0.385 e. The minimum atomic E-state index is -0.109. The van der Waals surface area contributed by atoms with Gasteiger partial charge in [-0.25, -0.2) is 4.98 Å². The van der Waals surface area contributed by atoms with Gasteiger partial charge in [-0.3, -0.25) is 4.79 Å². The zero-order valence-electron chi connectivity index (χ0n) is 11.6. The molecule has 0 aliphatic carbocycles. The van der Waals surface area contributed by atoms with Crippen LogP contribution < -0.4 is 5.32 Å². The zero-order valence-corrected chi connectivity index (χ0v) is 12.3. The highest BCUT2D eigenvalue weighted by atomic mass is 35.5. The number of rotatable bonds is 7. The molecule has 0 aliphatic heterocycles. The van der Waals surface area contributed by atoms with Gasteiger partial charge in [-0.05, 0) is 19.4 Å². The first kappa shape index (κ1) is 15.7. The van der Waals surface area contributed by atoms with E-state index in [1.54, 1.807) is 25.1 Å². The summed E-state index contributed by atoms with van der Waals surface area (Å²) < 4.78 is 4.97. The fourth-order valence-electron chi connectivity index (χ4n) is 1.63. The molecule has 0 aliphatic rings. The molecule has 0 atom stereocenters. The normalized spacial score (nSPS) is 10.3. The number of anilines is 1. The van der Waals surface area contributed by atoms with Crippen LogP contribution in [0.1, 0.15) is 23.7 Å². The molecule has 19 heavy (non-hydrogen) atoms. The van der Waals surface area contributed by atoms with E-state index >= 15 is 0 Å². The van der Waals surface area contributed by atoms with Gasteiger partial charge in [0.25, 0.3) is 5.91 Å². The van der Waals surface area contributed by atoms with E-state index in [-0.39, 0.29) is 5.91 Å². The molecule has 0 bridgehead atoms. The van der Waals surface area contributed by atoms with Crippen LogP contribution in [0.4, 0.5) is 5.82 Å². The highest BCUT2D eigenvalue weighted by Crippen LogP contribution is 2.19. The number of nitrogens with one attached hydrogen (secondary N) is 1. The molecule has 5 nitrogen and oxygen atoms in total. The van der Waals surface area contributed by atoms with Crippen molar-refractivity contribution in [2.24, 2.45) is 0 Å². The molecule has 0 saturated heterocycles. The second-order valence-corrected chi connectivity index (χ2v) is 4.56. The van der Waals surface area contributed by atoms with E-state index in [0.717, 1.165) is 13.0 Å². The van der Waals surface area contributed by atoms with Crippen molar-refractivity contribution in [3.63, 3.8) is 0 Å². The van der Waals surface area contributed by atoms with Gasteiger partial charge in [0, 0.05) is 40.1 Å². The van der Waals surface area contributed by atoms with Crippen molar-refractivity contribution in [2.75, 3.05) is 39.2 Å². The first-order valence-corrected chi connectivity index (χ1v) is 6.61. The Morgan fingerprint density at radius 2 is 2.32 bits per heavy atom. The summed E-state index contributed by atoms with van der Waals surface area (Å²) in [7, 11) is 3.39. The maximum atomic E-state index is 12.3. The number of carbonyl (C=O) groups is 1. The Balaban J connectivity index is 2.76. The average Bonchev–Trinajstić information content (AvgIpc) is 2.40. The Morgan fingerprint density at radius 1 is 1.58 bits per heavy atom. The Hall–Kier alpha value is -1.33. The Kier molecular flexibility index (Phi) is 6.59. The van der Waals surface area contributed by atoms with E-state index in [4.69, 9.17) is 16.3 Å². The van der Waals surface area contributed by atoms with E-state index in [0.29, 0.717) is 29.6 Å². The van der Waals surface area contributed by atoms with Gasteiger partial charge < -0.3 is 15.0 Å². The molecule has 1 aromatic rings. The highest BCUT2D eigenvalue weighted by molar-refractivity contribution is 6.33. The predicted octanol–water partition coefficient (Wildman–Crippen LogP) is 2.28. The van der Waals surface area contributed by atoms with Gasteiger partial charge in [0.15, 0.2) is 0 Å². The lowest BCUT2D eigenvalue weighted by molar-refractivity contribution is 0.0779. The molecule has 0 fully saturated rings. The maximum Gasteiger partial charge on any atom is 0.255 e. The lowest BCUT2D eigenvalue weighted by atomic mass is 10.2. The minimum absolute atomic E-state index is 0.109. The van der Waals surface area contributed by atoms with Crippen LogP contribution in [0.25, 0.3) is 0 Å². The molecule has 1 heterocycles. The zero-order chi connectivity index (χ0) is 14.3. The Labute approximate surface area is 118 Å². The molecule has 1 aromatic heterocycles. The third-order valence-electron chi connectivity index (χ3n) is 2.63. The van der Waals surface area contributed by atoms with Gasteiger partial charge in [0.2, 0.25) is 0 Å². The smallest absolute Gasteiger partial charge is 0.255 e. The van der Waals surface area contributed by atoms with Crippen LogP contribution in [-0.2, 0) is 4.74 Å². The lowest BCUT2D eigenvalue weighted by Gasteiger charge is -2.18. The molecular weight excluding hydrogens is 266 g/mol.